The lowest BCUT2D eigenvalue weighted by Gasteiger charge is -2.23. The Morgan fingerprint density at radius 1 is 1.35 bits per heavy atom. The molecule has 3 heterocycles. The number of oxime groups is 1. The van der Waals surface area contributed by atoms with Gasteiger partial charge in [0.15, 0.2) is 5.84 Å². The van der Waals surface area contributed by atoms with Crippen LogP contribution in [0.5, 0.6) is 5.88 Å². The largest absolute Gasteiger partial charge is 0.479 e. The SMILES string of the molecule is COc1nc(C2=NOCC(C3CC3)N2)ccc1-n1cnc(C)c1. The predicted octanol–water partition coefficient (Wildman–Crippen LogP) is 1.64. The molecule has 4 rings (SSSR count). The van der Waals surface area contributed by atoms with Crippen LogP contribution in [0.2, 0.25) is 0 Å². The lowest BCUT2D eigenvalue weighted by molar-refractivity contribution is 0.103. The maximum Gasteiger partial charge on any atom is 0.238 e. The van der Waals surface area contributed by atoms with Crippen LogP contribution in [0.25, 0.3) is 5.69 Å². The molecule has 1 aliphatic heterocycles. The fraction of sp³-hybridized carbons (Fsp3) is 0.438. The Bertz CT molecular complexity index is 751. The number of hydrogen-bond acceptors (Lipinski definition) is 6. The molecule has 0 amide bonds. The van der Waals surface area contributed by atoms with E-state index in [4.69, 9.17) is 9.57 Å². The fourth-order valence-electron chi connectivity index (χ4n) is 2.76. The summed E-state index contributed by atoms with van der Waals surface area (Å²) < 4.78 is 7.34. The summed E-state index contributed by atoms with van der Waals surface area (Å²) >= 11 is 0. The number of rotatable bonds is 4. The number of nitrogens with zero attached hydrogens (tertiary/aromatic N) is 4. The standard InChI is InChI=1S/C16H19N5O2/c1-10-7-21(9-17-10)14-6-5-12(19-16(14)22-2)15-18-13(8-23-20-15)11-3-4-11/h5-7,9,11,13H,3-4,8H2,1-2H3,(H,18,20). The van der Waals surface area contributed by atoms with Crippen LogP contribution in [-0.4, -0.2) is 40.1 Å². The van der Waals surface area contributed by atoms with E-state index in [0.717, 1.165) is 11.4 Å². The van der Waals surface area contributed by atoms with Gasteiger partial charge in [0.1, 0.15) is 18.0 Å². The first-order valence-electron chi connectivity index (χ1n) is 7.77. The Labute approximate surface area is 134 Å². The minimum absolute atomic E-state index is 0.325. The van der Waals surface area contributed by atoms with E-state index in [-0.39, 0.29) is 0 Å². The molecule has 1 aliphatic carbocycles. The second-order valence-electron chi connectivity index (χ2n) is 5.97. The molecule has 0 aromatic carbocycles. The van der Waals surface area contributed by atoms with E-state index in [2.05, 4.69) is 20.4 Å². The van der Waals surface area contributed by atoms with Crippen molar-refractivity contribution < 1.29 is 9.57 Å². The van der Waals surface area contributed by atoms with Crippen molar-refractivity contribution in [2.75, 3.05) is 13.7 Å². The molecule has 0 saturated heterocycles. The second-order valence-corrected chi connectivity index (χ2v) is 5.97. The molecule has 1 saturated carbocycles. The smallest absolute Gasteiger partial charge is 0.238 e. The topological polar surface area (TPSA) is 73.6 Å². The first kappa shape index (κ1) is 14.0. The molecule has 2 aliphatic rings. The molecule has 1 N–H and O–H groups in total. The van der Waals surface area contributed by atoms with E-state index >= 15 is 0 Å². The number of amidine groups is 1. The molecule has 0 spiro atoms. The minimum Gasteiger partial charge on any atom is -0.479 e. The highest BCUT2D eigenvalue weighted by Gasteiger charge is 2.34. The number of methoxy groups -OCH3 is 1. The number of pyridine rings is 1. The zero-order valence-corrected chi connectivity index (χ0v) is 13.2. The fourth-order valence-corrected chi connectivity index (χ4v) is 2.76. The van der Waals surface area contributed by atoms with Crippen LogP contribution in [0.1, 0.15) is 24.2 Å². The highest BCUT2D eigenvalue weighted by molar-refractivity contribution is 5.97. The number of aromatic nitrogens is 3. The van der Waals surface area contributed by atoms with Crippen LogP contribution in [0.4, 0.5) is 0 Å². The highest BCUT2D eigenvalue weighted by Crippen LogP contribution is 2.33. The van der Waals surface area contributed by atoms with Crippen molar-refractivity contribution in [1.82, 2.24) is 19.9 Å². The van der Waals surface area contributed by atoms with E-state index in [1.807, 2.05) is 29.8 Å². The van der Waals surface area contributed by atoms with Crippen LogP contribution >= 0.6 is 0 Å². The third-order valence-electron chi connectivity index (χ3n) is 4.19. The van der Waals surface area contributed by atoms with Gasteiger partial charge in [0, 0.05) is 6.20 Å². The molecule has 7 nitrogen and oxygen atoms in total. The van der Waals surface area contributed by atoms with Gasteiger partial charge in [0.05, 0.1) is 25.2 Å². The van der Waals surface area contributed by atoms with Crippen LogP contribution in [-0.2, 0) is 4.84 Å². The summed E-state index contributed by atoms with van der Waals surface area (Å²) in [5, 5.41) is 7.54. The molecular weight excluding hydrogens is 294 g/mol. The lowest BCUT2D eigenvalue weighted by Crippen LogP contribution is -2.43. The third-order valence-corrected chi connectivity index (χ3v) is 4.19. The molecule has 1 atom stereocenters. The van der Waals surface area contributed by atoms with Crippen molar-refractivity contribution in [3.05, 3.63) is 36.0 Å². The third kappa shape index (κ3) is 2.74. The molecular formula is C16H19N5O2. The summed E-state index contributed by atoms with van der Waals surface area (Å²) in [5.41, 5.74) is 2.50. The van der Waals surface area contributed by atoms with Gasteiger partial charge in [-0.05, 0) is 37.8 Å². The quantitative estimate of drug-likeness (QED) is 0.929. The maximum atomic E-state index is 5.44. The van der Waals surface area contributed by atoms with Crippen LogP contribution in [0.15, 0.2) is 29.8 Å². The summed E-state index contributed by atoms with van der Waals surface area (Å²) in [6.07, 6.45) is 6.19. The van der Waals surface area contributed by atoms with Gasteiger partial charge in [0.2, 0.25) is 5.88 Å². The molecule has 1 unspecified atom stereocenters. The lowest BCUT2D eigenvalue weighted by atomic mass is 10.2. The van der Waals surface area contributed by atoms with Crippen molar-refractivity contribution in [3.8, 4) is 11.6 Å². The van der Waals surface area contributed by atoms with E-state index in [0.29, 0.717) is 36.0 Å². The van der Waals surface area contributed by atoms with Crippen LogP contribution in [0.3, 0.4) is 0 Å². The van der Waals surface area contributed by atoms with Gasteiger partial charge < -0.3 is 19.5 Å². The van der Waals surface area contributed by atoms with E-state index in [9.17, 15) is 0 Å². The Kier molecular flexibility index (Phi) is 3.40. The zero-order valence-electron chi connectivity index (χ0n) is 13.2. The molecule has 2 aromatic rings. The van der Waals surface area contributed by atoms with Gasteiger partial charge in [-0.15, -0.1) is 0 Å². The Morgan fingerprint density at radius 3 is 2.91 bits per heavy atom. The number of hydrogen-bond donors (Lipinski definition) is 1. The van der Waals surface area contributed by atoms with Crippen molar-refractivity contribution >= 4 is 5.84 Å². The molecule has 7 heteroatoms. The van der Waals surface area contributed by atoms with Crippen LogP contribution < -0.4 is 10.1 Å². The van der Waals surface area contributed by atoms with E-state index in [1.165, 1.54) is 12.8 Å². The maximum absolute atomic E-state index is 5.44. The van der Waals surface area contributed by atoms with Gasteiger partial charge in [-0.1, -0.05) is 5.16 Å². The molecule has 0 bridgehead atoms. The highest BCUT2D eigenvalue weighted by atomic mass is 16.6. The minimum atomic E-state index is 0.325. The summed E-state index contributed by atoms with van der Waals surface area (Å²) in [6, 6.07) is 4.19. The van der Waals surface area contributed by atoms with Crippen molar-refractivity contribution in [2.45, 2.75) is 25.8 Å². The first-order valence-corrected chi connectivity index (χ1v) is 7.77. The van der Waals surface area contributed by atoms with Gasteiger partial charge >= 0.3 is 0 Å². The summed E-state index contributed by atoms with van der Waals surface area (Å²) in [6.45, 7) is 2.57. The monoisotopic (exact) mass is 313 g/mol. The van der Waals surface area contributed by atoms with E-state index in [1.54, 1.807) is 13.4 Å². The second kappa shape index (κ2) is 5.57. The van der Waals surface area contributed by atoms with Crippen LogP contribution in [0, 0.1) is 12.8 Å². The number of aryl methyl sites for hydroxylation is 1. The number of nitrogens with one attached hydrogen (secondary N) is 1. The van der Waals surface area contributed by atoms with Crippen molar-refractivity contribution in [3.63, 3.8) is 0 Å². The Balaban J connectivity index is 1.63. The number of imidazole rings is 1. The molecule has 0 radical (unpaired) electrons. The zero-order chi connectivity index (χ0) is 15.8. The summed E-state index contributed by atoms with van der Waals surface area (Å²) in [7, 11) is 1.61. The Morgan fingerprint density at radius 2 is 2.22 bits per heavy atom. The van der Waals surface area contributed by atoms with Crippen molar-refractivity contribution in [1.29, 1.82) is 0 Å². The molecule has 23 heavy (non-hydrogen) atoms. The average molecular weight is 313 g/mol. The first-order chi connectivity index (χ1) is 11.2. The van der Waals surface area contributed by atoms with Gasteiger partial charge in [-0.3, -0.25) is 0 Å². The molecule has 120 valence electrons. The van der Waals surface area contributed by atoms with Gasteiger partial charge in [0.25, 0.3) is 0 Å². The van der Waals surface area contributed by atoms with Gasteiger partial charge in [-0.25, -0.2) is 9.97 Å². The molecule has 2 aromatic heterocycles. The normalized spacial score (nSPS) is 20.4. The average Bonchev–Trinajstić information content (AvgIpc) is 3.36. The molecule has 1 fully saturated rings. The predicted molar refractivity (Wildman–Crippen MR) is 84.8 cm³/mol. The van der Waals surface area contributed by atoms with E-state index < -0.39 is 0 Å². The van der Waals surface area contributed by atoms with Gasteiger partial charge in [-0.2, -0.15) is 0 Å². The summed E-state index contributed by atoms with van der Waals surface area (Å²) in [5.74, 6) is 1.88. The Hall–Kier alpha value is -2.57. The van der Waals surface area contributed by atoms with Crippen molar-refractivity contribution in [2.24, 2.45) is 11.1 Å². The summed E-state index contributed by atoms with van der Waals surface area (Å²) in [4.78, 5) is 14.2. The number of ether oxygens (including phenoxy) is 1.